The lowest BCUT2D eigenvalue weighted by molar-refractivity contribution is 0.534. The van der Waals surface area contributed by atoms with Crippen molar-refractivity contribution in [2.24, 2.45) is 0 Å². The average Bonchev–Trinajstić information content (AvgIpc) is 2.85. The van der Waals surface area contributed by atoms with Gasteiger partial charge in [-0.3, -0.25) is 5.10 Å². The third kappa shape index (κ3) is 2.93. The Balaban J connectivity index is 2.30. The zero-order valence-electron chi connectivity index (χ0n) is 9.76. The molecular formula is C10H10F2N4O2S. The normalized spacial score (nSPS) is 13.4. The summed E-state index contributed by atoms with van der Waals surface area (Å²) in [5, 5.41) is 6.05. The first-order valence-corrected chi connectivity index (χ1v) is 6.71. The smallest absolute Gasteiger partial charge is 0.244 e. The van der Waals surface area contributed by atoms with Gasteiger partial charge in [0.05, 0.1) is 6.04 Å². The van der Waals surface area contributed by atoms with Gasteiger partial charge in [0.25, 0.3) is 0 Å². The number of nitrogens with zero attached hydrogens (tertiary/aromatic N) is 2. The predicted octanol–water partition coefficient (Wildman–Crippen LogP) is 1.12. The van der Waals surface area contributed by atoms with E-state index < -0.39 is 32.6 Å². The average molecular weight is 288 g/mol. The van der Waals surface area contributed by atoms with Crippen LogP contribution in [0.3, 0.4) is 0 Å². The summed E-state index contributed by atoms with van der Waals surface area (Å²) in [5.41, 5.74) is 0. The minimum Gasteiger partial charge on any atom is -0.262 e. The van der Waals surface area contributed by atoms with Gasteiger partial charge in [0.2, 0.25) is 10.0 Å². The van der Waals surface area contributed by atoms with Gasteiger partial charge in [0.15, 0.2) is 0 Å². The van der Waals surface area contributed by atoms with Crippen molar-refractivity contribution in [3.05, 3.63) is 42.0 Å². The number of H-pyrrole nitrogens is 1. The van der Waals surface area contributed by atoms with Gasteiger partial charge in [-0.15, -0.1) is 0 Å². The van der Waals surface area contributed by atoms with Gasteiger partial charge in [-0.1, -0.05) is 0 Å². The molecule has 1 unspecified atom stereocenters. The highest BCUT2D eigenvalue weighted by Gasteiger charge is 2.23. The molecule has 0 radical (unpaired) electrons. The zero-order valence-corrected chi connectivity index (χ0v) is 10.6. The Kier molecular flexibility index (Phi) is 3.58. The summed E-state index contributed by atoms with van der Waals surface area (Å²) in [5.74, 6) is -1.60. The standard InChI is InChI=1S/C10H10F2N4O2S/c1-6(10-13-5-14-15-10)16-19(17,18)9-4-7(11)2-3-8(9)12/h2-6,16H,1H3,(H,13,14,15). The largest absolute Gasteiger partial charge is 0.262 e. The summed E-state index contributed by atoms with van der Waals surface area (Å²) < 4.78 is 52.5. The second-order valence-electron chi connectivity index (χ2n) is 3.79. The van der Waals surface area contributed by atoms with E-state index in [0.29, 0.717) is 6.07 Å². The minimum absolute atomic E-state index is 0.264. The molecule has 2 rings (SSSR count). The molecule has 0 aliphatic carbocycles. The first kappa shape index (κ1) is 13.6. The molecule has 0 spiro atoms. The van der Waals surface area contributed by atoms with E-state index in [2.05, 4.69) is 19.9 Å². The lowest BCUT2D eigenvalue weighted by atomic mass is 10.3. The number of hydrogen-bond acceptors (Lipinski definition) is 4. The molecule has 2 N–H and O–H groups in total. The summed E-state index contributed by atoms with van der Waals surface area (Å²) in [6.45, 7) is 1.50. The Hall–Kier alpha value is -1.87. The molecule has 0 bridgehead atoms. The van der Waals surface area contributed by atoms with Gasteiger partial charge in [-0.25, -0.2) is 26.9 Å². The maximum atomic E-state index is 13.4. The van der Waals surface area contributed by atoms with Gasteiger partial charge in [0, 0.05) is 0 Å². The monoisotopic (exact) mass is 288 g/mol. The van der Waals surface area contributed by atoms with E-state index in [1.54, 1.807) is 0 Å². The van der Waals surface area contributed by atoms with Crippen molar-refractivity contribution in [1.82, 2.24) is 19.9 Å². The van der Waals surface area contributed by atoms with Gasteiger partial charge < -0.3 is 0 Å². The summed E-state index contributed by atoms with van der Waals surface area (Å²) >= 11 is 0. The van der Waals surface area contributed by atoms with Crippen LogP contribution in [0, 0.1) is 11.6 Å². The molecule has 1 aromatic carbocycles. The highest BCUT2D eigenvalue weighted by molar-refractivity contribution is 7.89. The van der Waals surface area contributed by atoms with Crippen LogP contribution in [0.15, 0.2) is 29.4 Å². The van der Waals surface area contributed by atoms with E-state index in [1.165, 1.54) is 13.3 Å². The molecule has 0 fully saturated rings. The molecule has 9 heteroatoms. The fraction of sp³-hybridized carbons (Fsp3) is 0.200. The van der Waals surface area contributed by atoms with Crippen molar-refractivity contribution in [3.63, 3.8) is 0 Å². The highest BCUT2D eigenvalue weighted by atomic mass is 32.2. The number of halogens is 2. The van der Waals surface area contributed by atoms with E-state index in [1.807, 2.05) is 0 Å². The Labute approximate surface area is 107 Å². The first-order chi connectivity index (χ1) is 8.90. The van der Waals surface area contributed by atoms with Gasteiger partial charge in [-0.2, -0.15) is 5.10 Å². The number of aromatic amines is 1. The van der Waals surface area contributed by atoms with Gasteiger partial charge in [0.1, 0.15) is 28.7 Å². The third-order valence-electron chi connectivity index (χ3n) is 2.36. The minimum atomic E-state index is -4.19. The SMILES string of the molecule is CC(NS(=O)(=O)c1cc(F)ccc1F)c1ncn[nH]1. The Morgan fingerprint density at radius 1 is 1.37 bits per heavy atom. The van der Waals surface area contributed by atoms with Crippen LogP contribution in [0.2, 0.25) is 0 Å². The van der Waals surface area contributed by atoms with E-state index in [-0.39, 0.29) is 5.82 Å². The maximum Gasteiger partial charge on any atom is 0.244 e. The number of benzene rings is 1. The molecule has 0 aliphatic rings. The van der Waals surface area contributed by atoms with Crippen LogP contribution in [-0.4, -0.2) is 23.6 Å². The van der Waals surface area contributed by atoms with Crippen LogP contribution in [0.25, 0.3) is 0 Å². The molecule has 0 saturated carbocycles. The van der Waals surface area contributed by atoms with Crippen molar-refractivity contribution < 1.29 is 17.2 Å². The Bertz CT molecular complexity index is 673. The van der Waals surface area contributed by atoms with Crippen LogP contribution >= 0.6 is 0 Å². The van der Waals surface area contributed by atoms with Crippen molar-refractivity contribution in [2.45, 2.75) is 17.9 Å². The lowest BCUT2D eigenvalue weighted by Gasteiger charge is -2.12. The van der Waals surface area contributed by atoms with Crippen LogP contribution in [-0.2, 0) is 10.0 Å². The molecular weight excluding hydrogens is 278 g/mol. The van der Waals surface area contributed by atoms with Crippen LogP contribution < -0.4 is 4.72 Å². The molecule has 2 aromatic rings. The van der Waals surface area contributed by atoms with Crippen molar-refractivity contribution in [2.75, 3.05) is 0 Å². The van der Waals surface area contributed by atoms with E-state index >= 15 is 0 Å². The number of aromatic nitrogens is 3. The fourth-order valence-corrected chi connectivity index (χ4v) is 2.76. The Morgan fingerprint density at radius 2 is 2.11 bits per heavy atom. The third-order valence-corrected chi connectivity index (χ3v) is 3.91. The summed E-state index contributed by atoms with van der Waals surface area (Å²) in [4.78, 5) is 3.02. The second kappa shape index (κ2) is 5.02. The molecule has 1 aromatic heterocycles. The topological polar surface area (TPSA) is 87.7 Å². The molecule has 6 nitrogen and oxygen atoms in total. The quantitative estimate of drug-likeness (QED) is 0.882. The maximum absolute atomic E-state index is 13.4. The highest BCUT2D eigenvalue weighted by Crippen LogP contribution is 2.18. The number of hydrogen-bond donors (Lipinski definition) is 2. The van der Waals surface area contributed by atoms with E-state index in [0.717, 1.165) is 12.1 Å². The van der Waals surface area contributed by atoms with Crippen LogP contribution in [0.5, 0.6) is 0 Å². The van der Waals surface area contributed by atoms with Crippen molar-refractivity contribution in [1.29, 1.82) is 0 Å². The first-order valence-electron chi connectivity index (χ1n) is 5.23. The molecule has 19 heavy (non-hydrogen) atoms. The number of rotatable bonds is 4. The number of nitrogens with one attached hydrogen (secondary N) is 2. The lowest BCUT2D eigenvalue weighted by Crippen LogP contribution is -2.28. The molecule has 1 heterocycles. The van der Waals surface area contributed by atoms with Gasteiger partial charge in [-0.05, 0) is 25.1 Å². The summed E-state index contributed by atoms with van der Waals surface area (Å²) in [7, 11) is -4.19. The second-order valence-corrected chi connectivity index (χ2v) is 5.47. The zero-order chi connectivity index (χ0) is 14.0. The molecule has 1 atom stereocenters. The Morgan fingerprint density at radius 3 is 2.74 bits per heavy atom. The van der Waals surface area contributed by atoms with E-state index in [4.69, 9.17) is 0 Å². The fourth-order valence-electron chi connectivity index (χ4n) is 1.46. The predicted molar refractivity (Wildman–Crippen MR) is 61.5 cm³/mol. The molecule has 0 amide bonds. The molecule has 102 valence electrons. The molecule has 0 saturated heterocycles. The number of sulfonamides is 1. The molecule has 0 aliphatic heterocycles. The summed E-state index contributed by atoms with van der Waals surface area (Å²) in [6, 6.07) is 1.46. The summed E-state index contributed by atoms with van der Waals surface area (Å²) in [6.07, 6.45) is 1.21. The van der Waals surface area contributed by atoms with Crippen LogP contribution in [0.1, 0.15) is 18.8 Å². The van der Waals surface area contributed by atoms with Gasteiger partial charge >= 0.3 is 0 Å². The van der Waals surface area contributed by atoms with E-state index in [9.17, 15) is 17.2 Å². The van der Waals surface area contributed by atoms with Crippen LogP contribution in [0.4, 0.5) is 8.78 Å². The van der Waals surface area contributed by atoms with Crippen molar-refractivity contribution in [3.8, 4) is 0 Å². The van der Waals surface area contributed by atoms with Crippen molar-refractivity contribution >= 4 is 10.0 Å².